The molecule has 0 N–H and O–H groups in total. The van der Waals surface area contributed by atoms with Crippen molar-refractivity contribution in [2.45, 2.75) is 6.42 Å². The van der Waals surface area contributed by atoms with Crippen LogP contribution in [-0.4, -0.2) is 0 Å². The van der Waals surface area contributed by atoms with Crippen molar-refractivity contribution in [1.82, 2.24) is 0 Å². The normalized spacial score (nSPS) is 11.7. The van der Waals surface area contributed by atoms with Gasteiger partial charge in [-0.3, -0.25) is 0 Å². The van der Waals surface area contributed by atoms with Crippen molar-refractivity contribution >= 4 is 17.1 Å². The molecule has 4 aromatic rings. The van der Waals surface area contributed by atoms with E-state index in [4.69, 9.17) is 0 Å². The summed E-state index contributed by atoms with van der Waals surface area (Å²) in [5, 5.41) is 0. The number of hydrogen-bond acceptors (Lipinski definition) is 1. The largest absolute Gasteiger partial charge is 0.310 e. The first-order valence-electron chi connectivity index (χ1n) is 8.94. The number of nitrogens with zero attached hydrogens (tertiary/aromatic N) is 1. The van der Waals surface area contributed by atoms with Crippen molar-refractivity contribution in [2.24, 2.45) is 0 Å². The lowest BCUT2D eigenvalue weighted by atomic mass is 10.0. The Morgan fingerprint density at radius 1 is 0.577 bits per heavy atom. The van der Waals surface area contributed by atoms with Gasteiger partial charge < -0.3 is 4.90 Å². The van der Waals surface area contributed by atoms with E-state index in [0.29, 0.717) is 0 Å². The van der Waals surface area contributed by atoms with Crippen LogP contribution in [0, 0.1) is 6.07 Å². The average Bonchev–Trinajstić information content (AvgIpc) is 3.08. The minimum Gasteiger partial charge on any atom is -0.310 e. The van der Waals surface area contributed by atoms with Crippen LogP contribution in [0.1, 0.15) is 11.1 Å². The molecule has 1 nitrogen and oxygen atoms in total. The second-order valence-corrected chi connectivity index (χ2v) is 6.58. The summed E-state index contributed by atoms with van der Waals surface area (Å²) < 4.78 is 0. The van der Waals surface area contributed by atoms with E-state index in [0.717, 1.165) is 23.5 Å². The van der Waals surface area contributed by atoms with E-state index in [-0.39, 0.29) is 0 Å². The molecular formula is C25H18N. The van der Waals surface area contributed by atoms with E-state index in [1.54, 1.807) is 0 Å². The molecule has 1 radical (unpaired) electrons. The molecule has 5 rings (SSSR count). The first-order valence-corrected chi connectivity index (χ1v) is 8.94. The van der Waals surface area contributed by atoms with Crippen molar-refractivity contribution in [3.63, 3.8) is 0 Å². The Morgan fingerprint density at radius 2 is 1.19 bits per heavy atom. The molecule has 0 atom stereocenters. The van der Waals surface area contributed by atoms with Gasteiger partial charge in [0.2, 0.25) is 0 Å². The molecule has 26 heavy (non-hydrogen) atoms. The summed E-state index contributed by atoms with van der Waals surface area (Å²) in [7, 11) is 0. The molecule has 0 spiro atoms. The number of benzene rings is 4. The highest BCUT2D eigenvalue weighted by atomic mass is 15.1. The summed E-state index contributed by atoms with van der Waals surface area (Å²) >= 11 is 0. The summed E-state index contributed by atoms with van der Waals surface area (Å²) in [5.41, 5.74) is 8.69. The van der Waals surface area contributed by atoms with Crippen molar-refractivity contribution in [3.05, 3.63) is 114 Å². The van der Waals surface area contributed by atoms with Gasteiger partial charge >= 0.3 is 0 Å². The molecule has 0 saturated heterocycles. The van der Waals surface area contributed by atoms with Crippen molar-refractivity contribution in [2.75, 3.05) is 4.90 Å². The van der Waals surface area contributed by atoms with Gasteiger partial charge in [0.15, 0.2) is 0 Å². The van der Waals surface area contributed by atoms with Gasteiger partial charge in [0.1, 0.15) is 0 Å². The van der Waals surface area contributed by atoms with Crippen LogP contribution in [0.5, 0.6) is 0 Å². The van der Waals surface area contributed by atoms with E-state index < -0.39 is 0 Å². The van der Waals surface area contributed by atoms with E-state index in [2.05, 4.69) is 108 Å². The first kappa shape index (κ1) is 15.0. The standard InChI is InChI=1S/C25H18N/c1-3-10-21(11-4-1)26(22-12-5-2-6-13-22)23-15-16-25-20(18-23)17-19-9-7-8-14-24(19)25/h1-16H,17H2. The average molecular weight is 332 g/mol. The predicted octanol–water partition coefficient (Wildman–Crippen LogP) is 6.53. The van der Waals surface area contributed by atoms with Gasteiger partial charge in [0.05, 0.1) is 5.69 Å². The maximum Gasteiger partial charge on any atom is 0.0544 e. The molecule has 123 valence electrons. The lowest BCUT2D eigenvalue weighted by Crippen LogP contribution is -2.10. The van der Waals surface area contributed by atoms with Crippen molar-refractivity contribution in [3.8, 4) is 11.1 Å². The lowest BCUT2D eigenvalue weighted by Gasteiger charge is -2.25. The quantitative estimate of drug-likeness (QED) is 0.363. The van der Waals surface area contributed by atoms with Crippen LogP contribution in [0.2, 0.25) is 0 Å². The van der Waals surface area contributed by atoms with E-state index in [1.807, 2.05) is 0 Å². The summed E-state index contributed by atoms with van der Waals surface area (Å²) in [6, 6.07) is 37.8. The number of fused-ring (bicyclic) bond motifs is 3. The second-order valence-electron chi connectivity index (χ2n) is 6.58. The number of hydrogen-bond donors (Lipinski definition) is 0. The van der Waals surface area contributed by atoms with Crippen LogP contribution in [0.4, 0.5) is 17.1 Å². The Labute approximate surface area is 154 Å². The van der Waals surface area contributed by atoms with E-state index in [9.17, 15) is 0 Å². The zero-order chi connectivity index (χ0) is 17.3. The zero-order valence-electron chi connectivity index (χ0n) is 14.4. The van der Waals surface area contributed by atoms with Crippen LogP contribution < -0.4 is 4.90 Å². The molecule has 0 unspecified atom stereocenters. The fraction of sp³-hybridized carbons (Fsp3) is 0.0400. The summed E-state index contributed by atoms with van der Waals surface area (Å²) in [6.07, 6.45) is 0.955. The highest BCUT2D eigenvalue weighted by molar-refractivity contribution is 5.82. The predicted molar refractivity (Wildman–Crippen MR) is 108 cm³/mol. The molecule has 0 heterocycles. The topological polar surface area (TPSA) is 3.24 Å². The second kappa shape index (κ2) is 6.20. The minimum atomic E-state index is 0.955. The summed E-state index contributed by atoms with van der Waals surface area (Å²) in [4.78, 5) is 2.27. The molecule has 0 fully saturated rings. The third-order valence-electron chi connectivity index (χ3n) is 4.96. The fourth-order valence-electron chi connectivity index (χ4n) is 3.76. The minimum absolute atomic E-state index is 0.955. The number of anilines is 3. The molecule has 1 aliphatic carbocycles. The molecule has 0 saturated carbocycles. The van der Waals surface area contributed by atoms with Crippen LogP contribution in [-0.2, 0) is 6.42 Å². The zero-order valence-corrected chi connectivity index (χ0v) is 14.4. The first-order chi connectivity index (χ1) is 12.9. The Morgan fingerprint density at radius 3 is 1.88 bits per heavy atom. The molecule has 0 aromatic heterocycles. The Bertz CT molecular complexity index is 1010. The molecular weight excluding hydrogens is 314 g/mol. The van der Waals surface area contributed by atoms with E-state index >= 15 is 0 Å². The van der Waals surface area contributed by atoms with Crippen LogP contribution >= 0.6 is 0 Å². The molecule has 0 aliphatic heterocycles. The van der Waals surface area contributed by atoms with Gasteiger partial charge in [-0.2, -0.15) is 0 Å². The van der Waals surface area contributed by atoms with E-state index in [1.165, 1.54) is 22.3 Å². The van der Waals surface area contributed by atoms with Gasteiger partial charge in [-0.1, -0.05) is 66.7 Å². The van der Waals surface area contributed by atoms with Gasteiger partial charge in [-0.25, -0.2) is 0 Å². The van der Waals surface area contributed by atoms with Gasteiger partial charge in [0, 0.05) is 17.4 Å². The Hall–Kier alpha value is -3.32. The Balaban J connectivity index is 1.64. The van der Waals surface area contributed by atoms with Crippen LogP contribution in [0.15, 0.2) is 97.1 Å². The SMILES string of the molecule is [c]1c(N(c2ccccc2)c2ccccc2)ccc2c1Cc1ccccc1-2. The molecule has 1 heteroatoms. The Kier molecular flexibility index (Phi) is 3.57. The molecule has 0 amide bonds. The third-order valence-corrected chi connectivity index (χ3v) is 4.96. The summed E-state index contributed by atoms with van der Waals surface area (Å²) in [6.45, 7) is 0. The smallest absolute Gasteiger partial charge is 0.0544 e. The number of rotatable bonds is 3. The summed E-state index contributed by atoms with van der Waals surface area (Å²) in [5.74, 6) is 0. The lowest BCUT2D eigenvalue weighted by molar-refractivity contribution is 1.23. The van der Waals surface area contributed by atoms with Crippen LogP contribution in [0.3, 0.4) is 0 Å². The maximum absolute atomic E-state index is 3.69. The van der Waals surface area contributed by atoms with Gasteiger partial charge in [0.25, 0.3) is 0 Å². The van der Waals surface area contributed by atoms with Gasteiger partial charge in [-0.05, 0) is 59.0 Å². The fourth-order valence-corrected chi connectivity index (χ4v) is 3.76. The van der Waals surface area contributed by atoms with Crippen molar-refractivity contribution < 1.29 is 0 Å². The maximum atomic E-state index is 3.69. The highest BCUT2D eigenvalue weighted by Crippen LogP contribution is 2.41. The van der Waals surface area contributed by atoms with Crippen molar-refractivity contribution in [1.29, 1.82) is 0 Å². The monoisotopic (exact) mass is 332 g/mol. The van der Waals surface area contributed by atoms with Crippen LogP contribution in [0.25, 0.3) is 11.1 Å². The van der Waals surface area contributed by atoms with Gasteiger partial charge in [-0.15, -0.1) is 0 Å². The molecule has 4 aromatic carbocycles. The third kappa shape index (κ3) is 2.49. The number of para-hydroxylation sites is 2. The highest BCUT2D eigenvalue weighted by Gasteiger charge is 2.20. The molecule has 1 aliphatic rings. The molecule has 0 bridgehead atoms.